The molecule has 3 aromatic rings. The van der Waals surface area contributed by atoms with Crippen molar-refractivity contribution in [2.24, 2.45) is 0 Å². The number of furan rings is 1. The van der Waals surface area contributed by atoms with E-state index in [0.29, 0.717) is 16.3 Å². The van der Waals surface area contributed by atoms with E-state index in [4.69, 9.17) is 20.7 Å². The zero-order valence-corrected chi connectivity index (χ0v) is 14.3. The predicted molar refractivity (Wildman–Crippen MR) is 93.4 cm³/mol. The first-order valence-corrected chi connectivity index (χ1v) is 7.77. The summed E-state index contributed by atoms with van der Waals surface area (Å²) >= 11 is 6.02. The van der Waals surface area contributed by atoms with Crippen molar-refractivity contribution in [2.45, 2.75) is 38.9 Å². The lowest BCUT2D eigenvalue weighted by Crippen LogP contribution is -2.49. The summed E-state index contributed by atoms with van der Waals surface area (Å²) in [5.74, 6) is 0. The van der Waals surface area contributed by atoms with Gasteiger partial charge in [-0.2, -0.15) is 0 Å². The Labute approximate surface area is 140 Å². The molecule has 0 fully saturated rings. The number of fused-ring (bicyclic) bond motifs is 3. The number of benzene rings is 1. The van der Waals surface area contributed by atoms with E-state index in [0.717, 1.165) is 16.2 Å². The maximum atomic E-state index is 10.2. The second-order valence-electron chi connectivity index (χ2n) is 6.63. The van der Waals surface area contributed by atoms with E-state index in [1.165, 1.54) is 0 Å². The van der Waals surface area contributed by atoms with Gasteiger partial charge in [0.15, 0.2) is 0 Å². The van der Waals surface area contributed by atoms with Gasteiger partial charge in [0, 0.05) is 28.1 Å². The number of pyridine rings is 1. The van der Waals surface area contributed by atoms with Crippen LogP contribution in [0.25, 0.3) is 22.1 Å². The molecule has 0 aliphatic carbocycles. The molecule has 0 saturated heterocycles. The highest BCUT2D eigenvalue weighted by atomic mass is 35.5. The molecular formula is C17H18BClNO3. The number of aromatic nitrogens is 1. The lowest BCUT2D eigenvalue weighted by Gasteiger charge is -2.37. The molecule has 0 bridgehead atoms. The monoisotopic (exact) mass is 330 g/mol. The Hall–Kier alpha value is -1.56. The van der Waals surface area contributed by atoms with Crippen LogP contribution in [-0.2, 0) is 4.65 Å². The van der Waals surface area contributed by atoms with Crippen LogP contribution in [0, 0.1) is 0 Å². The fourth-order valence-electron chi connectivity index (χ4n) is 2.15. The molecule has 23 heavy (non-hydrogen) atoms. The molecule has 0 aliphatic heterocycles. The van der Waals surface area contributed by atoms with E-state index in [2.05, 4.69) is 4.98 Å². The first-order valence-electron chi connectivity index (χ1n) is 7.39. The van der Waals surface area contributed by atoms with Crippen LogP contribution in [-0.4, -0.2) is 28.8 Å². The Bertz CT molecular complexity index is 867. The standard InChI is InChI=1S/C17H18BClNO3/c1-16(2,21)17(3,4)23-18-12-7-8-20-15-14(12)11-6-5-10(19)9-13(11)22-15/h5-9,21H,1-4H3. The third-order valence-corrected chi connectivity index (χ3v) is 4.56. The van der Waals surface area contributed by atoms with Crippen LogP contribution in [0.5, 0.6) is 0 Å². The topological polar surface area (TPSA) is 55.5 Å². The number of nitrogens with zero attached hydrogens (tertiary/aromatic N) is 1. The molecule has 6 heteroatoms. The van der Waals surface area contributed by atoms with Crippen molar-refractivity contribution < 1.29 is 14.2 Å². The lowest BCUT2D eigenvalue weighted by molar-refractivity contribution is -0.0893. The maximum absolute atomic E-state index is 10.2. The second kappa shape index (κ2) is 5.51. The SMILES string of the molecule is CC(C)(O)C(C)(C)O[B]c1ccnc2oc3cc(Cl)ccc3c12. The Morgan fingerprint density at radius 2 is 1.96 bits per heavy atom. The number of aliphatic hydroxyl groups is 1. The van der Waals surface area contributed by atoms with Crippen LogP contribution in [0.3, 0.4) is 0 Å². The average Bonchev–Trinajstić information content (AvgIpc) is 2.81. The molecular weight excluding hydrogens is 312 g/mol. The highest BCUT2D eigenvalue weighted by molar-refractivity contribution is 6.52. The number of rotatable bonds is 4. The molecule has 0 spiro atoms. The van der Waals surface area contributed by atoms with Crippen molar-refractivity contribution in [3.05, 3.63) is 35.5 Å². The minimum atomic E-state index is -0.984. The highest BCUT2D eigenvalue weighted by Crippen LogP contribution is 2.29. The molecule has 0 unspecified atom stereocenters. The van der Waals surface area contributed by atoms with Gasteiger partial charge in [-0.1, -0.05) is 11.6 Å². The summed E-state index contributed by atoms with van der Waals surface area (Å²) in [6, 6.07) is 7.34. The maximum Gasteiger partial charge on any atom is 0.331 e. The van der Waals surface area contributed by atoms with Gasteiger partial charge in [0.05, 0.1) is 11.2 Å². The molecule has 0 amide bonds. The summed E-state index contributed by atoms with van der Waals surface area (Å²) in [6.07, 6.45) is 1.67. The first kappa shape index (κ1) is 16.3. The summed E-state index contributed by atoms with van der Waals surface area (Å²) in [6.45, 7) is 7.13. The van der Waals surface area contributed by atoms with E-state index in [1.807, 2.05) is 32.0 Å². The molecule has 0 aliphatic rings. The van der Waals surface area contributed by atoms with E-state index >= 15 is 0 Å². The summed E-state index contributed by atoms with van der Waals surface area (Å²) in [5.41, 5.74) is 0.323. The van der Waals surface area contributed by atoms with Crippen LogP contribution in [0.2, 0.25) is 5.02 Å². The second-order valence-corrected chi connectivity index (χ2v) is 7.06. The lowest BCUT2D eigenvalue weighted by atomic mass is 9.81. The van der Waals surface area contributed by atoms with Crippen LogP contribution in [0.1, 0.15) is 27.7 Å². The first-order chi connectivity index (χ1) is 10.7. The third kappa shape index (κ3) is 2.96. The molecule has 3 rings (SSSR count). The summed E-state index contributed by atoms with van der Waals surface area (Å²) < 4.78 is 11.6. The van der Waals surface area contributed by atoms with Gasteiger partial charge in [-0.3, -0.25) is 0 Å². The predicted octanol–water partition coefficient (Wildman–Crippen LogP) is 3.45. The molecule has 4 nitrogen and oxygen atoms in total. The minimum Gasteiger partial charge on any atom is -0.438 e. The quantitative estimate of drug-likeness (QED) is 0.745. The summed E-state index contributed by atoms with van der Waals surface area (Å²) in [5, 5.41) is 12.6. The Morgan fingerprint density at radius 3 is 2.65 bits per heavy atom. The summed E-state index contributed by atoms with van der Waals surface area (Å²) in [7, 11) is 1.64. The van der Waals surface area contributed by atoms with E-state index in [-0.39, 0.29) is 0 Å². The molecule has 1 aromatic carbocycles. The molecule has 1 radical (unpaired) electrons. The Morgan fingerprint density at radius 1 is 1.22 bits per heavy atom. The number of hydrogen-bond donors (Lipinski definition) is 1. The molecule has 1 N–H and O–H groups in total. The van der Waals surface area contributed by atoms with Gasteiger partial charge < -0.3 is 14.2 Å². The zero-order valence-electron chi connectivity index (χ0n) is 13.6. The van der Waals surface area contributed by atoms with Crippen LogP contribution in [0.4, 0.5) is 0 Å². The van der Waals surface area contributed by atoms with Crippen molar-refractivity contribution in [1.29, 1.82) is 0 Å². The third-order valence-electron chi connectivity index (χ3n) is 4.32. The van der Waals surface area contributed by atoms with Gasteiger partial charge in [-0.25, -0.2) is 4.98 Å². The van der Waals surface area contributed by atoms with Gasteiger partial charge in [-0.05, 0) is 51.4 Å². The van der Waals surface area contributed by atoms with Gasteiger partial charge >= 0.3 is 7.48 Å². The Kier molecular flexibility index (Phi) is 3.91. The van der Waals surface area contributed by atoms with E-state index in [9.17, 15) is 5.11 Å². The normalized spacial score (nSPS) is 13.0. The molecule has 0 atom stereocenters. The smallest absolute Gasteiger partial charge is 0.331 e. The van der Waals surface area contributed by atoms with Gasteiger partial charge in [-0.15, -0.1) is 0 Å². The number of halogens is 1. The van der Waals surface area contributed by atoms with E-state index in [1.54, 1.807) is 33.6 Å². The Balaban J connectivity index is 2.03. The van der Waals surface area contributed by atoms with Crippen molar-refractivity contribution in [3.63, 3.8) is 0 Å². The molecule has 0 saturated carbocycles. The fraction of sp³-hybridized carbons (Fsp3) is 0.353. The van der Waals surface area contributed by atoms with Gasteiger partial charge in [0.1, 0.15) is 5.58 Å². The van der Waals surface area contributed by atoms with Crippen LogP contribution >= 0.6 is 11.6 Å². The van der Waals surface area contributed by atoms with Crippen molar-refractivity contribution >= 4 is 46.6 Å². The van der Waals surface area contributed by atoms with Crippen molar-refractivity contribution in [3.8, 4) is 0 Å². The molecule has 119 valence electrons. The van der Waals surface area contributed by atoms with Gasteiger partial charge in [0.25, 0.3) is 0 Å². The fourth-order valence-corrected chi connectivity index (χ4v) is 2.31. The van der Waals surface area contributed by atoms with Crippen LogP contribution < -0.4 is 5.46 Å². The van der Waals surface area contributed by atoms with E-state index < -0.39 is 11.2 Å². The summed E-state index contributed by atoms with van der Waals surface area (Å²) in [4.78, 5) is 4.27. The molecule has 2 heterocycles. The van der Waals surface area contributed by atoms with Crippen molar-refractivity contribution in [2.75, 3.05) is 0 Å². The zero-order chi connectivity index (χ0) is 16.8. The van der Waals surface area contributed by atoms with Crippen LogP contribution in [0.15, 0.2) is 34.9 Å². The average molecular weight is 331 g/mol. The highest BCUT2D eigenvalue weighted by Gasteiger charge is 2.36. The largest absolute Gasteiger partial charge is 0.438 e. The molecule has 2 aromatic heterocycles. The van der Waals surface area contributed by atoms with Crippen molar-refractivity contribution in [1.82, 2.24) is 4.98 Å². The number of hydrogen-bond acceptors (Lipinski definition) is 4. The minimum absolute atomic E-state index is 0.528. The van der Waals surface area contributed by atoms with Gasteiger partial charge in [0.2, 0.25) is 5.71 Å².